The highest BCUT2D eigenvalue weighted by molar-refractivity contribution is 6.05. The molecule has 2 aromatic rings. The number of carbonyl (C=O) groups excluding carboxylic acids is 2. The Bertz CT molecular complexity index is 1180. The summed E-state index contributed by atoms with van der Waals surface area (Å²) in [4.78, 5) is 37.7. The number of halogens is 1. The summed E-state index contributed by atoms with van der Waals surface area (Å²) in [6.45, 7) is 5.28. The van der Waals surface area contributed by atoms with Gasteiger partial charge in [-0.25, -0.2) is 19.2 Å². The van der Waals surface area contributed by atoms with Gasteiger partial charge in [-0.2, -0.15) is 0 Å². The largest absolute Gasteiger partial charge is 0.491 e. The summed E-state index contributed by atoms with van der Waals surface area (Å²) in [5, 5.41) is 2.78. The number of anilines is 3. The lowest BCUT2D eigenvalue weighted by Crippen LogP contribution is -2.48. The molecule has 36 heavy (non-hydrogen) atoms. The predicted octanol–water partition coefficient (Wildman–Crippen LogP) is 2.61. The Labute approximate surface area is 207 Å². The minimum Gasteiger partial charge on any atom is -0.491 e. The summed E-state index contributed by atoms with van der Waals surface area (Å²) in [6.07, 6.45) is 2.00. The van der Waals surface area contributed by atoms with Crippen LogP contribution in [-0.2, 0) is 14.2 Å². The number of ether oxygens (including phenoxy) is 4. The van der Waals surface area contributed by atoms with Crippen molar-refractivity contribution in [3.63, 3.8) is 0 Å². The van der Waals surface area contributed by atoms with Crippen LogP contribution in [0.25, 0.3) is 0 Å². The van der Waals surface area contributed by atoms with Crippen LogP contribution in [0, 0.1) is 5.82 Å². The molecule has 12 heteroatoms. The Balaban J connectivity index is 1.33. The first-order chi connectivity index (χ1) is 17.2. The molecule has 2 bridgehead atoms. The number of rotatable bonds is 7. The molecule has 2 saturated heterocycles. The molecule has 5 rings (SSSR count). The van der Waals surface area contributed by atoms with Crippen molar-refractivity contribution in [3.8, 4) is 5.75 Å². The topological polar surface area (TPSA) is 115 Å². The number of hydrogen-bond acceptors (Lipinski definition) is 9. The molecule has 0 aromatic carbocycles. The molecule has 0 aliphatic carbocycles. The Hall–Kier alpha value is -3.35. The van der Waals surface area contributed by atoms with Crippen LogP contribution < -0.4 is 19.9 Å². The van der Waals surface area contributed by atoms with E-state index in [-0.39, 0.29) is 42.7 Å². The van der Waals surface area contributed by atoms with Gasteiger partial charge in [-0.3, -0.25) is 15.0 Å². The van der Waals surface area contributed by atoms with Crippen molar-refractivity contribution < 1.29 is 32.9 Å². The molecule has 2 amide bonds. The van der Waals surface area contributed by atoms with Gasteiger partial charge in [0.2, 0.25) is 5.78 Å². The molecule has 5 heterocycles. The molecular weight excluding hydrogens is 473 g/mol. The van der Waals surface area contributed by atoms with Crippen LogP contribution in [-0.4, -0.2) is 79.7 Å². The van der Waals surface area contributed by atoms with E-state index in [4.69, 9.17) is 18.9 Å². The third-order valence-electron chi connectivity index (χ3n) is 6.26. The highest BCUT2D eigenvalue weighted by Gasteiger charge is 2.41. The quantitative estimate of drug-likeness (QED) is 0.572. The second-order valence-corrected chi connectivity index (χ2v) is 9.34. The minimum absolute atomic E-state index is 0.178. The van der Waals surface area contributed by atoms with Gasteiger partial charge in [0.1, 0.15) is 36.6 Å². The number of carbonyl (C=O) groups is 2. The zero-order chi connectivity index (χ0) is 25.4. The number of aromatic nitrogens is 2. The fourth-order valence-electron chi connectivity index (χ4n) is 4.65. The van der Waals surface area contributed by atoms with Gasteiger partial charge in [0, 0.05) is 38.5 Å². The molecule has 0 spiro atoms. The Morgan fingerprint density at radius 1 is 1.33 bits per heavy atom. The third-order valence-corrected chi connectivity index (χ3v) is 6.26. The van der Waals surface area contributed by atoms with Crippen molar-refractivity contribution >= 4 is 29.1 Å². The van der Waals surface area contributed by atoms with Gasteiger partial charge in [-0.05, 0) is 26.3 Å². The number of amides is 2. The smallest absolute Gasteiger partial charge is 0.329 e. The van der Waals surface area contributed by atoms with Crippen molar-refractivity contribution in [1.29, 1.82) is 0 Å². The lowest BCUT2D eigenvalue weighted by atomic mass is 10.1. The number of hydrogen-bond donors (Lipinski definition) is 1. The second kappa shape index (κ2) is 9.60. The number of nitrogens with one attached hydrogen (secondary N) is 1. The number of pyridine rings is 2. The SMILES string of the molecule is COCC(=O)c1nc2c(cc1F)N1CC[C@@H](C1)N2C(=O)Nc1cc(OC[C@H]2COC(C)(C)O2)ccn1. The van der Waals surface area contributed by atoms with E-state index in [2.05, 4.69) is 15.3 Å². The van der Waals surface area contributed by atoms with Crippen LogP contribution in [0.15, 0.2) is 24.4 Å². The predicted molar refractivity (Wildman–Crippen MR) is 127 cm³/mol. The molecule has 3 aliphatic heterocycles. The van der Waals surface area contributed by atoms with Gasteiger partial charge >= 0.3 is 6.03 Å². The summed E-state index contributed by atoms with van der Waals surface area (Å²) >= 11 is 0. The lowest BCUT2D eigenvalue weighted by molar-refractivity contribution is -0.141. The number of ketones is 1. The molecule has 0 unspecified atom stereocenters. The molecule has 11 nitrogen and oxygen atoms in total. The summed E-state index contributed by atoms with van der Waals surface area (Å²) in [5.41, 5.74) is 0.114. The first kappa shape index (κ1) is 24.3. The summed E-state index contributed by atoms with van der Waals surface area (Å²) < 4.78 is 36.6. The maximum absolute atomic E-state index is 14.7. The summed E-state index contributed by atoms with van der Waals surface area (Å²) in [6, 6.07) is 3.89. The fraction of sp³-hybridized carbons (Fsp3) is 0.500. The first-order valence-corrected chi connectivity index (χ1v) is 11.7. The molecule has 3 aliphatic rings. The zero-order valence-corrected chi connectivity index (χ0v) is 20.3. The Kier molecular flexibility index (Phi) is 6.49. The van der Waals surface area contributed by atoms with E-state index in [9.17, 15) is 14.0 Å². The van der Waals surface area contributed by atoms with Crippen LogP contribution in [0.4, 0.5) is 26.5 Å². The molecule has 1 N–H and O–H groups in total. The first-order valence-electron chi connectivity index (χ1n) is 11.7. The van der Waals surface area contributed by atoms with Crippen molar-refractivity contribution in [3.05, 3.63) is 35.9 Å². The number of fused-ring (bicyclic) bond motifs is 4. The average Bonchev–Trinajstić information content (AvgIpc) is 3.41. The fourth-order valence-corrected chi connectivity index (χ4v) is 4.65. The number of methoxy groups -OCH3 is 1. The number of urea groups is 1. The van der Waals surface area contributed by atoms with Gasteiger partial charge in [-0.1, -0.05) is 0 Å². The van der Waals surface area contributed by atoms with Crippen molar-refractivity contribution in [1.82, 2.24) is 9.97 Å². The summed E-state index contributed by atoms with van der Waals surface area (Å²) in [7, 11) is 1.35. The monoisotopic (exact) mass is 501 g/mol. The molecule has 192 valence electrons. The Morgan fingerprint density at radius 2 is 2.17 bits per heavy atom. The molecular formula is C24H28FN5O6. The normalized spacial score (nSPS) is 21.9. The minimum atomic E-state index is -0.743. The van der Waals surface area contributed by atoms with E-state index in [0.717, 1.165) is 0 Å². The number of Topliss-reactive ketones (excluding diaryl/α,β-unsaturated/α-hetero) is 1. The standard InChI is InChI=1S/C24H28FN5O6/c1-24(2)35-12-16(36-24)11-34-15-4-6-26-20(8-15)27-23(32)30-14-5-7-29(10-14)18-9-17(25)21(28-22(18)30)19(31)13-33-3/h4,6,8-9,14,16H,5,7,10-13H2,1-3H3,(H,26,27,32)/t14-,16-/m0/s1. The van der Waals surface area contributed by atoms with Gasteiger partial charge in [0.25, 0.3) is 0 Å². The van der Waals surface area contributed by atoms with Crippen LogP contribution >= 0.6 is 0 Å². The third kappa shape index (κ3) is 4.84. The van der Waals surface area contributed by atoms with Crippen LogP contribution in [0.2, 0.25) is 0 Å². The van der Waals surface area contributed by atoms with E-state index in [1.807, 2.05) is 18.7 Å². The van der Waals surface area contributed by atoms with Crippen molar-refractivity contribution in [2.24, 2.45) is 0 Å². The van der Waals surface area contributed by atoms with E-state index >= 15 is 0 Å². The van der Waals surface area contributed by atoms with E-state index < -0.39 is 23.4 Å². The van der Waals surface area contributed by atoms with Crippen molar-refractivity contribution in [2.45, 2.75) is 38.2 Å². The Morgan fingerprint density at radius 3 is 2.92 bits per heavy atom. The highest BCUT2D eigenvalue weighted by atomic mass is 19.1. The molecule has 2 aromatic heterocycles. The van der Waals surface area contributed by atoms with Gasteiger partial charge < -0.3 is 23.8 Å². The van der Waals surface area contributed by atoms with E-state index in [0.29, 0.717) is 37.6 Å². The van der Waals surface area contributed by atoms with Crippen molar-refractivity contribution in [2.75, 3.05) is 55.1 Å². The zero-order valence-electron chi connectivity index (χ0n) is 20.3. The average molecular weight is 502 g/mol. The van der Waals surface area contributed by atoms with Gasteiger partial charge in [0.05, 0.1) is 18.3 Å². The molecule has 0 saturated carbocycles. The number of nitrogens with zero attached hydrogens (tertiary/aromatic N) is 4. The van der Waals surface area contributed by atoms with Crippen LogP contribution in [0.1, 0.15) is 30.8 Å². The highest BCUT2D eigenvalue weighted by Crippen LogP contribution is 2.40. The molecule has 2 atom stereocenters. The summed E-state index contributed by atoms with van der Waals surface area (Å²) in [5.74, 6) is -0.966. The van der Waals surface area contributed by atoms with Gasteiger partial charge in [-0.15, -0.1) is 0 Å². The maximum atomic E-state index is 14.7. The van der Waals surface area contributed by atoms with Gasteiger partial charge in [0.15, 0.2) is 17.4 Å². The second-order valence-electron chi connectivity index (χ2n) is 9.34. The maximum Gasteiger partial charge on any atom is 0.329 e. The lowest BCUT2D eigenvalue weighted by Gasteiger charge is -2.35. The van der Waals surface area contributed by atoms with Crippen LogP contribution in [0.5, 0.6) is 5.75 Å². The van der Waals surface area contributed by atoms with Crippen LogP contribution in [0.3, 0.4) is 0 Å². The van der Waals surface area contributed by atoms with E-state index in [1.165, 1.54) is 24.3 Å². The van der Waals surface area contributed by atoms with E-state index in [1.54, 1.807) is 12.1 Å². The molecule has 0 radical (unpaired) electrons. The molecule has 2 fully saturated rings.